The topological polar surface area (TPSA) is 96.7 Å². The van der Waals surface area contributed by atoms with Gasteiger partial charge in [-0.1, -0.05) is 26.0 Å². The normalized spacial score (nSPS) is 17.8. The summed E-state index contributed by atoms with van der Waals surface area (Å²) in [6.07, 6.45) is 1.81. The Morgan fingerprint density at radius 1 is 1.22 bits per heavy atom. The van der Waals surface area contributed by atoms with Gasteiger partial charge < -0.3 is 20.3 Å². The van der Waals surface area contributed by atoms with E-state index in [1.54, 1.807) is 11.6 Å². The Kier molecular flexibility index (Phi) is 5.00. The largest absolute Gasteiger partial charge is 0.497 e. The van der Waals surface area contributed by atoms with Crippen molar-refractivity contribution in [3.8, 4) is 5.75 Å². The molecule has 0 aliphatic carbocycles. The summed E-state index contributed by atoms with van der Waals surface area (Å²) < 4.78 is 7.05. The van der Waals surface area contributed by atoms with Crippen LogP contribution in [0.5, 0.6) is 5.75 Å². The van der Waals surface area contributed by atoms with Crippen LogP contribution in [0, 0.1) is 5.41 Å². The van der Waals surface area contributed by atoms with E-state index in [0.29, 0.717) is 11.6 Å². The molecule has 1 spiro atoms. The highest BCUT2D eigenvalue weighted by atomic mass is 16.5. The highest BCUT2D eigenvalue weighted by Gasteiger charge is 2.49. The van der Waals surface area contributed by atoms with Crippen molar-refractivity contribution in [1.29, 1.82) is 0 Å². The van der Waals surface area contributed by atoms with E-state index in [1.807, 2.05) is 42.3 Å². The first kappa shape index (κ1) is 20.7. The fourth-order valence-electron chi connectivity index (χ4n) is 4.43. The Hall–Kier alpha value is -3.20. The number of anilines is 1. The number of nitrogens with zero attached hydrogens (tertiary/aromatic N) is 5. The van der Waals surface area contributed by atoms with Gasteiger partial charge >= 0.3 is 0 Å². The third-order valence-electron chi connectivity index (χ3n) is 6.49. The van der Waals surface area contributed by atoms with E-state index in [0.717, 1.165) is 43.1 Å². The number of aromatic nitrogens is 4. The quantitative estimate of drug-likeness (QED) is 0.614. The number of carbonyl (C=O) groups excluding carboxylic acids is 1. The molecule has 0 radical (unpaired) electrons. The SMILES string of the molecule is COc1cccc(C(C)Nc2nc(C(=O)N3CC4(CNC4)C3)nc3c(C(C)C)cnn23)c1. The van der Waals surface area contributed by atoms with E-state index >= 15 is 0 Å². The third-order valence-corrected chi connectivity index (χ3v) is 6.49. The summed E-state index contributed by atoms with van der Waals surface area (Å²) in [6, 6.07) is 7.80. The van der Waals surface area contributed by atoms with Crippen LogP contribution in [0.2, 0.25) is 0 Å². The van der Waals surface area contributed by atoms with Crippen molar-refractivity contribution in [3.63, 3.8) is 0 Å². The van der Waals surface area contributed by atoms with Crippen molar-refractivity contribution in [1.82, 2.24) is 29.8 Å². The smallest absolute Gasteiger partial charge is 0.291 e. The number of carbonyl (C=O) groups is 1. The minimum absolute atomic E-state index is 0.0776. The van der Waals surface area contributed by atoms with Crippen LogP contribution in [0.25, 0.3) is 5.65 Å². The standard InChI is InChI=1S/C23H29N7O2/c1-14(2)18-9-25-30-20(18)27-19(21(31)29-12-23(13-29)10-24-11-23)28-22(30)26-15(3)16-6-5-7-17(8-16)32-4/h5-9,14-15,24H,10-13H2,1-4H3,(H,26,27,28). The second kappa shape index (κ2) is 7.74. The van der Waals surface area contributed by atoms with E-state index in [9.17, 15) is 4.79 Å². The zero-order valence-corrected chi connectivity index (χ0v) is 18.9. The van der Waals surface area contributed by atoms with Gasteiger partial charge in [0.05, 0.1) is 19.3 Å². The molecule has 1 amide bonds. The van der Waals surface area contributed by atoms with E-state index in [-0.39, 0.29) is 29.1 Å². The molecule has 168 valence electrons. The Morgan fingerprint density at radius 2 is 2.00 bits per heavy atom. The number of amides is 1. The maximum absolute atomic E-state index is 13.2. The van der Waals surface area contributed by atoms with Gasteiger partial charge in [-0.15, -0.1) is 0 Å². The van der Waals surface area contributed by atoms with Crippen molar-refractivity contribution in [2.45, 2.75) is 32.7 Å². The summed E-state index contributed by atoms with van der Waals surface area (Å²) in [6.45, 7) is 9.69. The van der Waals surface area contributed by atoms with E-state index in [4.69, 9.17) is 4.74 Å². The number of methoxy groups -OCH3 is 1. The van der Waals surface area contributed by atoms with Crippen molar-refractivity contribution in [2.75, 3.05) is 38.6 Å². The number of benzene rings is 1. The predicted molar refractivity (Wildman–Crippen MR) is 121 cm³/mol. The van der Waals surface area contributed by atoms with Gasteiger partial charge in [0.1, 0.15) is 5.75 Å². The minimum Gasteiger partial charge on any atom is -0.497 e. The Morgan fingerprint density at radius 3 is 2.66 bits per heavy atom. The lowest BCUT2D eigenvalue weighted by molar-refractivity contribution is -0.0255. The van der Waals surface area contributed by atoms with Gasteiger partial charge in [0, 0.05) is 37.2 Å². The fraction of sp³-hybridized carbons (Fsp3) is 0.478. The molecule has 2 aliphatic heterocycles. The van der Waals surface area contributed by atoms with E-state index < -0.39 is 0 Å². The molecule has 2 saturated heterocycles. The van der Waals surface area contributed by atoms with E-state index in [1.165, 1.54) is 0 Å². The number of hydrogen-bond acceptors (Lipinski definition) is 7. The number of fused-ring (bicyclic) bond motifs is 1. The number of hydrogen-bond donors (Lipinski definition) is 2. The van der Waals surface area contributed by atoms with Crippen LogP contribution in [0.4, 0.5) is 5.95 Å². The zero-order valence-electron chi connectivity index (χ0n) is 18.9. The maximum atomic E-state index is 13.2. The van der Waals surface area contributed by atoms with Gasteiger partial charge in [0.2, 0.25) is 11.8 Å². The predicted octanol–water partition coefficient (Wildman–Crippen LogP) is 2.47. The van der Waals surface area contributed by atoms with Crippen LogP contribution in [0.1, 0.15) is 54.5 Å². The monoisotopic (exact) mass is 435 g/mol. The molecule has 1 unspecified atom stereocenters. The maximum Gasteiger partial charge on any atom is 0.291 e. The second-order valence-corrected chi connectivity index (χ2v) is 9.27. The van der Waals surface area contributed by atoms with Crippen LogP contribution in [0.3, 0.4) is 0 Å². The highest BCUT2D eigenvalue weighted by Crippen LogP contribution is 2.35. The molecule has 5 rings (SSSR count). The van der Waals surface area contributed by atoms with Crippen molar-refractivity contribution in [2.24, 2.45) is 5.41 Å². The number of rotatable bonds is 6. The van der Waals surface area contributed by atoms with Crippen molar-refractivity contribution >= 4 is 17.5 Å². The summed E-state index contributed by atoms with van der Waals surface area (Å²) in [5.41, 5.74) is 2.95. The summed E-state index contributed by atoms with van der Waals surface area (Å²) in [5, 5.41) is 11.2. The van der Waals surface area contributed by atoms with Gasteiger partial charge in [-0.2, -0.15) is 14.6 Å². The molecule has 0 bridgehead atoms. The summed E-state index contributed by atoms with van der Waals surface area (Å²) >= 11 is 0. The lowest BCUT2D eigenvalue weighted by Gasteiger charge is -2.55. The molecule has 1 aromatic carbocycles. The van der Waals surface area contributed by atoms with Gasteiger partial charge in [-0.05, 0) is 30.5 Å². The first-order valence-electron chi connectivity index (χ1n) is 11.1. The molecule has 2 N–H and O–H groups in total. The summed E-state index contributed by atoms with van der Waals surface area (Å²) in [7, 11) is 1.65. The van der Waals surface area contributed by atoms with Crippen molar-refractivity contribution < 1.29 is 9.53 Å². The van der Waals surface area contributed by atoms with Crippen LogP contribution in [0.15, 0.2) is 30.5 Å². The molecular weight excluding hydrogens is 406 g/mol. The summed E-state index contributed by atoms with van der Waals surface area (Å²) in [5.74, 6) is 1.60. The van der Waals surface area contributed by atoms with Crippen LogP contribution in [-0.4, -0.2) is 63.7 Å². The number of ether oxygens (including phenoxy) is 1. The Labute approximate surface area is 187 Å². The molecule has 2 fully saturated rings. The van der Waals surface area contributed by atoms with Gasteiger partial charge in [0.25, 0.3) is 5.91 Å². The lowest BCUT2D eigenvalue weighted by atomic mass is 9.74. The molecule has 9 heteroatoms. The Bertz CT molecular complexity index is 1160. The molecule has 32 heavy (non-hydrogen) atoms. The van der Waals surface area contributed by atoms with E-state index in [2.05, 4.69) is 39.5 Å². The molecule has 3 aromatic rings. The van der Waals surface area contributed by atoms with Gasteiger partial charge in [0.15, 0.2) is 5.65 Å². The first-order valence-corrected chi connectivity index (χ1v) is 11.1. The van der Waals surface area contributed by atoms with Crippen molar-refractivity contribution in [3.05, 3.63) is 47.4 Å². The number of likely N-dealkylation sites (tertiary alicyclic amines) is 1. The molecule has 2 aliphatic rings. The van der Waals surface area contributed by atoms with Crippen LogP contribution in [-0.2, 0) is 0 Å². The average molecular weight is 436 g/mol. The number of nitrogens with one attached hydrogen (secondary N) is 2. The molecule has 1 atom stereocenters. The minimum atomic E-state index is -0.127. The molecular formula is C23H29N7O2. The first-order chi connectivity index (χ1) is 15.4. The molecule has 2 aromatic heterocycles. The molecule has 0 saturated carbocycles. The molecule has 4 heterocycles. The fourth-order valence-corrected chi connectivity index (χ4v) is 4.43. The highest BCUT2D eigenvalue weighted by molar-refractivity contribution is 5.92. The lowest BCUT2D eigenvalue weighted by Crippen LogP contribution is -2.72. The van der Waals surface area contributed by atoms with Gasteiger partial charge in [-0.3, -0.25) is 4.79 Å². The average Bonchev–Trinajstić information content (AvgIpc) is 3.16. The van der Waals surface area contributed by atoms with Crippen LogP contribution >= 0.6 is 0 Å². The van der Waals surface area contributed by atoms with Crippen LogP contribution < -0.4 is 15.4 Å². The van der Waals surface area contributed by atoms with Gasteiger partial charge in [-0.25, -0.2) is 4.98 Å². The Balaban J connectivity index is 1.48. The molecule has 9 nitrogen and oxygen atoms in total. The summed E-state index contributed by atoms with van der Waals surface area (Å²) in [4.78, 5) is 24.3. The second-order valence-electron chi connectivity index (χ2n) is 9.27. The zero-order chi connectivity index (χ0) is 22.5. The third kappa shape index (κ3) is 3.46.